The number of hydrogen-bond acceptors (Lipinski definition) is 2. The molecule has 0 radical (unpaired) electrons. The first-order chi connectivity index (χ1) is 9.63. The van der Waals surface area contributed by atoms with E-state index in [1.54, 1.807) is 6.08 Å². The fraction of sp³-hybridized carbons (Fsp3) is 0.333. The third-order valence-electron chi connectivity index (χ3n) is 2.53. The van der Waals surface area contributed by atoms with Gasteiger partial charge >= 0.3 is 0 Å². The third kappa shape index (κ3) is 8.34. The van der Waals surface area contributed by atoms with Gasteiger partial charge in [-0.15, -0.1) is 30.6 Å². The highest BCUT2D eigenvalue weighted by Crippen LogP contribution is 2.00. The molecule has 116 valence electrons. The smallest absolute Gasteiger partial charge is 0.239 e. The number of aliphatic imine (C=N–C) groups is 1. The van der Waals surface area contributed by atoms with E-state index >= 15 is 0 Å². The summed E-state index contributed by atoms with van der Waals surface area (Å²) < 4.78 is 0. The van der Waals surface area contributed by atoms with Gasteiger partial charge in [0.15, 0.2) is 5.96 Å². The molecule has 0 saturated heterocycles. The van der Waals surface area contributed by atoms with Crippen LogP contribution in [0.15, 0.2) is 48.0 Å². The summed E-state index contributed by atoms with van der Waals surface area (Å²) in [5.41, 5.74) is 1.13. The first kappa shape index (κ1) is 19.4. The Labute approximate surface area is 143 Å². The van der Waals surface area contributed by atoms with Gasteiger partial charge in [0.05, 0.1) is 13.1 Å². The number of guanidine groups is 1. The van der Waals surface area contributed by atoms with Crippen LogP contribution < -0.4 is 10.6 Å². The summed E-state index contributed by atoms with van der Waals surface area (Å²) in [5, 5.41) is 5.74. The molecule has 1 rings (SSSR count). The number of rotatable bonds is 6. The Hall–Kier alpha value is -1.57. The second-order valence-electron chi connectivity index (χ2n) is 4.47. The molecule has 5 nitrogen and oxygen atoms in total. The van der Waals surface area contributed by atoms with E-state index < -0.39 is 0 Å². The van der Waals surface area contributed by atoms with Crippen molar-refractivity contribution in [3.8, 4) is 0 Å². The van der Waals surface area contributed by atoms with Crippen molar-refractivity contribution in [1.29, 1.82) is 0 Å². The Bertz CT molecular complexity index is 460. The molecule has 0 spiro atoms. The molecule has 0 aliphatic rings. The van der Waals surface area contributed by atoms with E-state index in [9.17, 15) is 4.79 Å². The molecule has 0 aliphatic heterocycles. The standard InChI is InChI=1S/C15H22N4O.HI/c1-4-10-16-14(20)12-18-15(19(2)3)17-11-13-8-6-5-7-9-13;/h4-9H,1,10-12H2,2-3H3,(H,16,20)(H,17,18);1H. The molecule has 1 aromatic rings. The lowest BCUT2D eigenvalue weighted by atomic mass is 10.2. The number of carbonyl (C=O) groups excluding carboxylic acids is 1. The van der Waals surface area contributed by atoms with Gasteiger partial charge in [-0.1, -0.05) is 36.4 Å². The average molecular weight is 402 g/mol. The maximum atomic E-state index is 11.5. The maximum absolute atomic E-state index is 11.5. The Morgan fingerprint density at radius 1 is 1.29 bits per heavy atom. The topological polar surface area (TPSA) is 56.7 Å². The average Bonchev–Trinajstić information content (AvgIpc) is 2.45. The van der Waals surface area contributed by atoms with Gasteiger partial charge in [0, 0.05) is 20.6 Å². The molecule has 6 heteroatoms. The number of halogens is 1. The summed E-state index contributed by atoms with van der Waals surface area (Å²) in [6.45, 7) is 4.80. The van der Waals surface area contributed by atoms with Crippen molar-refractivity contribution in [2.45, 2.75) is 6.54 Å². The van der Waals surface area contributed by atoms with Gasteiger partial charge in [0.25, 0.3) is 0 Å². The van der Waals surface area contributed by atoms with E-state index in [4.69, 9.17) is 0 Å². The molecule has 0 aliphatic carbocycles. The molecule has 21 heavy (non-hydrogen) atoms. The quantitative estimate of drug-likeness (QED) is 0.329. The summed E-state index contributed by atoms with van der Waals surface area (Å²) in [6.07, 6.45) is 1.65. The van der Waals surface area contributed by atoms with Gasteiger partial charge in [-0.3, -0.25) is 4.79 Å². The van der Waals surface area contributed by atoms with Crippen molar-refractivity contribution < 1.29 is 4.79 Å². The number of benzene rings is 1. The van der Waals surface area contributed by atoms with Gasteiger partial charge in [-0.25, -0.2) is 4.99 Å². The van der Waals surface area contributed by atoms with Crippen molar-refractivity contribution in [3.63, 3.8) is 0 Å². The van der Waals surface area contributed by atoms with Crippen molar-refractivity contribution in [1.82, 2.24) is 15.5 Å². The van der Waals surface area contributed by atoms with Crippen molar-refractivity contribution in [2.75, 3.05) is 27.2 Å². The Morgan fingerprint density at radius 2 is 1.95 bits per heavy atom. The molecule has 1 aromatic carbocycles. The largest absolute Gasteiger partial charge is 0.351 e. The second-order valence-corrected chi connectivity index (χ2v) is 4.47. The Balaban J connectivity index is 0.00000400. The lowest BCUT2D eigenvalue weighted by molar-refractivity contribution is -0.119. The molecule has 0 unspecified atom stereocenters. The van der Waals surface area contributed by atoms with E-state index in [1.165, 1.54) is 0 Å². The monoisotopic (exact) mass is 402 g/mol. The molecular weight excluding hydrogens is 379 g/mol. The van der Waals surface area contributed by atoms with Crippen molar-refractivity contribution in [2.24, 2.45) is 4.99 Å². The highest BCUT2D eigenvalue weighted by molar-refractivity contribution is 14.0. The summed E-state index contributed by atoms with van der Waals surface area (Å²) in [4.78, 5) is 17.8. The predicted octanol–water partition coefficient (Wildman–Crippen LogP) is 1.61. The number of nitrogens with one attached hydrogen (secondary N) is 2. The van der Waals surface area contributed by atoms with Crippen LogP contribution in [0.3, 0.4) is 0 Å². The van der Waals surface area contributed by atoms with E-state index in [2.05, 4.69) is 22.2 Å². The molecule has 2 N–H and O–H groups in total. The zero-order chi connectivity index (χ0) is 14.8. The van der Waals surface area contributed by atoms with E-state index in [1.807, 2.05) is 49.3 Å². The van der Waals surface area contributed by atoms with Gasteiger partial charge in [0.2, 0.25) is 5.91 Å². The molecule has 0 bridgehead atoms. The van der Waals surface area contributed by atoms with Crippen LogP contribution in [0, 0.1) is 0 Å². The van der Waals surface area contributed by atoms with Crippen LogP contribution >= 0.6 is 24.0 Å². The van der Waals surface area contributed by atoms with Crippen LogP contribution in [0.4, 0.5) is 0 Å². The highest BCUT2D eigenvalue weighted by Gasteiger charge is 2.04. The maximum Gasteiger partial charge on any atom is 0.239 e. The molecule has 0 aromatic heterocycles. The minimum atomic E-state index is -0.0841. The second kappa shape index (κ2) is 11.1. The van der Waals surface area contributed by atoms with Crippen molar-refractivity contribution >= 4 is 35.8 Å². The molecule has 0 fully saturated rings. The predicted molar refractivity (Wildman–Crippen MR) is 97.9 cm³/mol. The van der Waals surface area contributed by atoms with Crippen molar-refractivity contribution in [3.05, 3.63) is 48.6 Å². The summed E-state index contributed by atoms with van der Waals surface area (Å²) in [7, 11) is 3.77. The normalized spacial score (nSPS) is 10.3. The molecule has 0 atom stereocenters. The first-order valence-corrected chi connectivity index (χ1v) is 6.50. The molecular formula is C15H23IN4O. The lowest BCUT2D eigenvalue weighted by Gasteiger charge is -2.17. The van der Waals surface area contributed by atoms with Crippen LogP contribution in [0.2, 0.25) is 0 Å². The number of hydrogen-bond donors (Lipinski definition) is 2. The number of nitrogens with zero attached hydrogens (tertiary/aromatic N) is 2. The van der Waals surface area contributed by atoms with Crippen LogP contribution in [0.25, 0.3) is 0 Å². The van der Waals surface area contributed by atoms with Gasteiger partial charge < -0.3 is 15.5 Å². The van der Waals surface area contributed by atoms with Gasteiger partial charge in [0.1, 0.15) is 0 Å². The van der Waals surface area contributed by atoms with E-state index in [0.29, 0.717) is 19.0 Å². The van der Waals surface area contributed by atoms with Crippen LogP contribution in [0.1, 0.15) is 5.56 Å². The molecule has 0 saturated carbocycles. The van der Waals surface area contributed by atoms with Crippen LogP contribution in [-0.4, -0.2) is 44.0 Å². The Kier molecular flexibility index (Phi) is 10.3. The first-order valence-electron chi connectivity index (χ1n) is 6.50. The summed E-state index contributed by atoms with van der Waals surface area (Å²) >= 11 is 0. The SMILES string of the molecule is C=CCNC(=O)CNC(=NCc1ccccc1)N(C)C.I. The molecule has 0 heterocycles. The van der Waals surface area contributed by atoms with Gasteiger partial charge in [-0.2, -0.15) is 0 Å². The minimum Gasteiger partial charge on any atom is -0.351 e. The Morgan fingerprint density at radius 3 is 2.52 bits per heavy atom. The fourth-order valence-corrected chi connectivity index (χ4v) is 1.51. The third-order valence-corrected chi connectivity index (χ3v) is 2.53. The van der Waals surface area contributed by atoms with Crippen LogP contribution in [0.5, 0.6) is 0 Å². The van der Waals surface area contributed by atoms with E-state index in [-0.39, 0.29) is 36.4 Å². The fourth-order valence-electron chi connectivity index (χ4n) is 1.51. The zero-order valence-electron chi connectivity index (χ0n) is 12.5. The summed E-state index contributed by atoms with van der Waals surface area (Å²) in [5.74, 6) is 0.599. The molecule has 1 amide bonds. The number of amides is 1. The zero-order valence-corrected chi connectivity index (χ0v) is 14.8. The lowest BCUT2D eigenvalue weighted by Crippen LogP contribution is -2.42. The van der Waals surface area contributed by atoms with Crippen LogP contribution in [-0.2, 0) is 11.3 Å². The van der Waals surface area contributed by atoms with E-state index in [0.717, 1.165) is 5.56 Å². The van der Waals surface area contributed by atoms with Gasteiger partial charge in [-0.05, 0) is 5.56 Å². The summed E-state index contributed by atoms with van der Waals surface area (Å²) in [6, 6.07) is 9.98. The number of carbonyl (C=O) groups is 1. The minimum absolute atomic E-state index is 0. The highest BCUT2D eigenvalue weighted by atomic mass is 127.